The molecule has 0 bridgehead atoms. The van der Waals surface area contributed by atoms with Crippen LogP contribution in [0.3, 0.4) is 0 Å². The fourth-order valence-corrected chi connectivity index (χ4v) is 2.70. The van der Waals surface area contributed by atoms with Crippen LogP contribution in [-0.2, 0) is 4.79 Å². The van der Waals surface area contributed by atoms with Crippen molar-refractivity contribution in [1.82, 2.24) is 5.43 Å². The van der Waals surface area contributed by atoms with Gasteiger partial charge in [0.05, 0.1) is 22.1 Å². The van der Waals surface area contributed by atoms with Gasteiger partial charge in [0.1, 0.15) is 11.5 Å². The Balaban J connectivity index is 1.61. The maximum absolute atomic E-state index is 11.9. The van der Waals surface area contributed by atoms with Crippen LogP contribution in [0.4, 0.5) is 11.4 Å². The zero-order valence-corrected chi connectivity index (χ0v) is 17.3. The molecular weight excluding hydrogens is 432 g/mol. The molecule has 168 valence electrons. The quantitative estimate of drug-likeness (QED) is 0.293. The monoisotopic (exact) mass is 450 g/mol. The SMILES string of the molecule is Cc1cccc(OCC(=O)N/N=C\c2cccc(Oc3ccc([N+](=O)[O-])cc3[N+](=O)[O-])c2)c1. The molecule has 1 N–H and O–H groups in total. The van der Waals surface area contributed by atoms with E-state index in [9.17, 15) is 25.0 Å². The standard InChI is InChI=1S/C22H18N4O7/c1-15-4-2-6-18(10-15)32-14-22(27)24-23-13-16-5-3-7-19(11-16)33-21-9-8-17(25(28)29)12-20(21)26(30)31/h2-13H,14H2,1H3,(H,24,27)/b23-13-. The van der Waals surface area contributed by atoms with Crippen LogP contribution in [0.15, 0.2) is 71.8 Å². The summed E-state index contributed by atoms with van der Waals surface area (Å²) in [7, 11) is 0. The number of nitrogens with one attached hydrogen (secondary N) is 1. The second kappa shape index (κ2) is 10.5. The van der Waals surface area contributed by atoms with E-state index in [1.807, 2.05) is 19.1 Å². The molecule has 11 heteroatoms. The lowest BCUT2D eigenvalue weighted by Gasteiger charge is -2.07. The summed E-state index contributed by atoms with van der Waals surface area (Å²) in [6.45, 7) is 1.70. The molecular formula is C22H18N4O7. The molecule has 0 heterocycles. The average Bonchev–Trinajstić information content (AvgIpc) is 2.78. The topological polar surface area (TPSA) is 146 Å². The van der Waals surface area contributed by atoms with Crippen LogP contribution in [0.25, 0.3) is 0 Å². The number of ether oxygens (including phenoxy) is 2. The fraction of sp³-hybridized carbons (Fsp3) is 0.0909. The first-order valence-electron chi connectivity index (χ1n) is 9.54. The highest BCUT2D eigenvalue weighted by molar-refractivity contribution is 5.83. The third-order valence-corrected chi connectivity index (χ3v) is 4.20. The molecule has 11 nitrogen and oxygen atoms in total. The number of nitro groups is 2. The highest BCUT2D eigenvalue weighted by atomic mass is 16.6. The van der Waals surface area contributed by atoms with Gasteiger partial charge in [-0.1, -0.05) is 24.3 Å². The number of benzene rings is 3. The van der Waals surface area contributed by atoms with Gasteiger partial charge in [-0.2, -0.15) is 5.10 Å². The molecule has 33 heavy (non-hydrogen) atoms. The maximum atomic E-state index is 11.9. The Morgan fingerprint density at radius 3 is 2.48 bits per heavy atom. The molecule has 0 radical (unpaired) electrons. The minimum Gasteiger partial charge on any atom is -0.484 e. The third-order valence-electron chi connectivity index (χ3n) is 4.20. The number of nitrogens with zero attached hydrogens (tertiary/aromatic N) is 3. The maximum Gasteiger partial charge on any atom is 0.318 e. The predicted molar refractivity (Wildman–Crippen MR) is 119 cm³/mol. The van der Waals surface area contributed by atoms with Gasteiger partial charge in [0.15, 0.2) is 6.61 Å². The number of aryl methyl sites for hydroxylation is 1. The molecule has 0 saturated carbocycles. The zero-order chi connectivity index (χ0) is 23.8. The smallest absolute Gasteiger partial charge is 0.318 e. The summed E-state index contributed by atoms with van der Waals surface area (Å²) < 4.78 is 10.9. The molecule has 0 spiro atoms. The average molecular weight is 450 g/mol. The predicted octanol–water partition coefficient (Wildman–Crippen LogP) is 4.13. The van der Waals surface area contributed by atoms with Crippen LogP contribution >= 0.6 is 0 Å². The Kier molecular flexibility index (Phi) is 7.27. The summed E-state index contributed by atoms with van der Waals surface area (Å²) in [6.07, 6.45) is 1.36. The first kappa shape index (κ1) is 22.9. The number of carbonyl (C=O) groups is 1. The molecule has 0 aromatic heterocycles. The van der Waals surface area contributed by atoms with E-state index in [4.69, 9.17) is 9.47 Å². The summed E-state index contributed by atoms with van der Waals surface area (Å²) in [6, 6.07) is 16.8. The Hall–Kier alpha value is -4.80. The summed E-state index contributed by atoms with van der Waals surface area (Å²) in [5.41, 5.74) is 2.93. The van der Waals surface area contributed by atoms with E-state index in [1.54, 1.807) is 30.3 Å². The Bertz CT molecular complexity index is 1230. The Labute approximate surface area is 187 Å². The van der Waals surface area contributed by atoms with Crippen LogP contribution in [0.5, 0.6) is 17.2 Å². The fourth-order valence-electron chi connectivity index (χ4n) is 2.70. The molecule has 1 amide bonds. The molecule has 0 aliphatic carbocycles. The van der Waals surface area contributed by atoms with Gasteiger partial charge in [0, 0.05) is 6.07 Å². The Morgan fingerprint density at radius 1 is 1.00 bits per heavy atom. The van der Waals surface area contributed by atoms with Crippen molar-refractivity contribution in [3.05, 3.63) is 98.1 Å². The Morgan fingerprint density at radius 2 is 1.76 bits per heavy atom. The van der Waals surface area contributed by atoms with Crippen molar-refractivity contribution in [3.63, 3.8) is 0 Å². The lowest BCUT2D eigenvalue weighted by molar-refractivity contribution is -0.394. The van der Waals surface area contributed by atoms with E-state index in [-0.39, 0.29) is 18.1 Å². The number of hydrazone groups is 1. The van der Waals surface area contributed by atoms with E-state index in [0.717, 1.165) is 23.8 Å². The summed E-state index contributed by atoms with van der Waals surface area (Å²) in [4.78, 5) is 32.5. The minimum atomic E-state index is -0.762. The number of rotatable bonds is 9. The van der Waals surface area contributed by atoms with Gasteiger partial charge in [-0.25, -0.2) is 5.43 Å². The number of amides is 1. The zero-order valence-electron chi connectivity index (χ0n) is 17.3. The van der Waals surface area contributed by atoms with Gasteiger partial charge in [0.2, 0.25) is 5.75 Å². The molecule has 0 aliphatic rings. The van der Waals surface area contributed by atoms with Crippen LogP contribution in [0.1, 0.15) is 11.1 Å². The molecule has 0 aliphatic heterocycles. The first-order chi connectivity index (χ1) is 15.8. The van der Waals surface area contributed by atoms with Crippen molar-refractivity contribution in [3.8, 4) is 17.2 Å². The third kappa shape index (κ3) is 6.59. The van der Waals surface area contributed by atoms with E-state index < -0.39 is 27.1 Å². The lowest BCUT2D eigenvalue weighted by atomic mass is 10.2. The van der Waals surface area contributed by atoms with Gasteiger partial charge in [0.25, 0.3) is 11.6 Å². The van der Waals surface area contributed by atoms with Gasteiger partial charge in [-0.05, 0) is 48.4 Å². The highest BCUT2D eigenvalue weighted by Gasteiger charge is 2.21. The van der Waals surface area contributed by atoms with Crippen LogP contribution in [0, 0.1) is 27.2 Å². The number of hydrogen-bond acceptors (Lipinski definition) is 8. The van der Waals surface area contributed by atoms with Gasteiger partial charge in [-0.15, -0.1) is 0 Å². The van der Waals surface area contributed by atoms with Gasteiger partial charge >= 0.3 is 5.69 Å². The number of hydrogen-bond donors (Lipinski definition) is 1. The van der Waals surface area contributed by atoms with E-state index >= 15 is 0 Å². The van der Waals surface area contributed by atoms with Crippen molar-refractivity contribution in [1.29, 1.82) is 0 Å². The normalized spacial score (nSPS) is 10.6. The molecule has 3 aromatic rings. The van der Waals surface area contributed by atoms with E-state index in [1.165, 1.54) is 12.3 Å². The summed E-state index contributed by atoms with van der Waals surface area (Å²) in [5.74, 6) is 0.201. The van der Waals surface area contributed by atoms with Crippen molar-refractivity contribution in [2.45, 2.75) is 6.92 Å². The minimum absolute atomic E-state index is 0.152. The second-order valence-electron chi connectivity index (χ2n) is 6.74. The highest BCUT2D eigenvalue weighted by Crippen LogP contribution is 2.34. The molecule has 3 aromatic carbocycles. The van der Waals surface area contributed by atoms with Gasteiger partial charge < -0.3 is 9.47 Å². The molecule has 0 saturated heterocycles. The number of carbonyl (C=O) groups excluding carboxylic acids is 1. The van der Waals surface area contributed by atoms with Gasteiger partial charge in [-0.3, -0.25) is 25.0 Å². The summed E-state index contributed by atoms with van der Waals surface area (Å²) in [5, 5.41) is 26.0. The van der Waals surface area contributed by atoms with E-state index in [2.05, 4.69) is 10.5 Å². The first-order valence-corrected chi connectivity index (χ1v) is 9.54. The lowest BCUT2D eigenvalue weighted by Crippen LogP contribution is -2.24. The van der Waals surface area contributed by atoms with Crippen LogP contribution < -0.4 is 14.9 Å². The van der Waals surface area contributed by atoms with Crippen molar-refractivity contribution in [2.24, 2.45) is 5.10 Å². The molecule has 0 unspecified atom stereocenters. The molecule has 0 atom stereocenters. The molecule has 0 fully saturated rings. The summed E-state index contributed by atoms with van der Waals surface area (Å²) >= 11 is 0. The van der Waals surface area contributed by atoms with Crippen molar-refractivity contribution < 1.29 is 24.1 Å². The number of nitro benzene ring substituents is 2. The largest absolute Gasteiger partial charge is 0.484 e. The molecule has 3 rings (SSSR count). The van der Waals surface area contributed by atoms with Crippen LogP contribution in [-0.4, -0.2) is 28.6 Å². The van der Waals surface area contributed by atoms with Crippen LogP contribution in [0.2, 0.25) is 0 Å². The van der Waals surface area contributed by atoms with Crippen molar-refractivity contribution >= 4 is 23.5 Å². The second-order valence-corrected chi connectivity index (χ2v) is 6.74. The van der Waals surface area contributed by atoms with E-state index in [0.29, 0.717) is 11.3 Å². The van der Waals surface area contributed by atoms with Crippen molar-refractivity contribution in [2.75, 3.05) is 6.61 Å². The number of non-ortho nitro benzene ring substituents is 1.